The minimum Gasteiger partial charge on any atom is -0.385 e. The predicted molar refractivity (Wildman–Crippen MR) is 69.6 cm³/mol. The zero-order valence-corrected chi connectivity index (χ0v) is 10.6. The number of benzene rings is 1. The van der Waals surface area contributed by atoms with E-state index in [4.69, 9.17) is 0 Å². The zero-order chi connectivity index (χ0) is 11.2. The van der Waals surface area contributed by atoms with Crippen molar-refractivity contribution in [3.63, 3.8) is 0 Å². The summed E-state index contributed by atoms with van der Waals surface area (Å²) in [5, 5.41) is 10.4. The number of thioether (sulfide) groups is 2. The Morgan fingerprint density at radius 1 is 1.19 bits per heavy atom. The summed E-state index contributed by atoms with van der Waals surface area (Å²) >= 11 is 3.46. The zero-order valence-electron chi connectivity index (χ0n) is 8.93. The van der Waals surface area contributed by atoms with Gasteiger partial charge in [0.15, 0.2) is 0 Å². The van der Waals surface area contributed by atoms with Crippen molar-refractivity contribution in [2.45, 2.75) is 28.7 Å². The van der Waals surface area contributed by atoms with Gasteiger partial charge in [0.25, 0.3) is 0 Å². The van der Waals surface area contributed by atoms with E-state index in [1.807, 2.05) is 13.0 Å². The normalized spacial score (nSPS) is 27.6. The first-order valence-corrected chi connectivity index (χ1v) is 6.88. The maximum Gasteiger partial charge on any atom is 0.0975 e. The Labute approximate surface area is 104 Å². The van der Waals surface area contributed by atoms with Crippen molar-refractivity contribution in [2.24, 2.45) is 0 Å². The van der Waals surface area contributed by atoms with Crippen molar-refractivity contribution < 1.29 is 5.11 Å². The Kier molecular flexibility index (Phi) is 2.42. The van der Waals surface area contributed by atoms with E-state index < -0.39 is 5.60 Å². The molecule has 0 radical (unpaired) electrons. The summed E-state index contributed by atoms with van der Waals surface area (Å²) in [7, 11) is 0. The maximum atomic E-state index is 10.4. The van der Waals surface area contributed by atoms with Crippen molar-refractivity contribution in [1.29, 1.82) is 0 Å². The van der Waals surface area contributed by atoms with E-state index in [9.17, 15) is 5.11 Å². The molecule has 1 nitrogen and oxygen atoms in total. The summed E-state index contributed by atoms with van der Waals surface area (Å²) in [4.78, 5) is 4.83. The predicted octanol–water partition coefficient (Wildman–Crippen LogP) is 3.81. The second-order valence-electron chi connectivity index (χ2n) is 4.22. The average Bonchev–Trinajstić information content (AvgIpc) is 2.27. The van der Waals surface area contributed by atoms with Gasteiger partial charge in [-0.1, -0.05) is 47.8 Å². The molecule has 0 fully saturated rings. The minimum absolute atomic E-state index is 0.699. The lowest BCUT2D eigenvalue weighted by molar-refractivity contribution is 0.109. The van der Waals surface area contributed by atoms with E-state index in [2.05, 4.69) is 30.4 Å². The minimum atomic E-state index is -0.699. The molecule has 0 amide bonds. The Balaban J connectivity index is 2.08. The van der Waals surface area contributed by atoms with Crippen LogP contribution in [-0.4, -0.2) is 10.7 Å². The third-order valence-corrected chi connectivity index (χ3v) is 5.61. The molecule has 0 saturated carbocycles. The lowest BCUT2D eigenvalue weighted by Crippen LogP contribution is -2.28. The first kappa shape index (κ1) is 10.5. The van der Waals surface area contributed by atoms with Gasteiger partial charge >= 0.3 is 0 Å². The first-order valence-electron chi connectivity index (χ1n) is 5.25. The Hall–Kier alpha value is -0.640. The Bertz CT molecular complexity index is 500. The quantitative estimate of drug-likeness (QED) is 0.754. The topological polar surface area (TPSA) is 20.2 Å². The lowest BCUT2D eigenvalue weighted by atomic mass is 9.97. The molecule has 1 heterocycles. The number of hydrogen-bond acceptors (Lipinski definition) is 3. The number of rotatable bonds is 0. The molecule has 0 spiro atoms. The van der Waals surface area contributed by atoms with Crippen LogP contribution in [0.1, 0.15) is 13.3 Å². The fraction of sp³-hybridized carbons (Fsp3) is 0.231. The number of aliphatic hydroxyl groups is 1. The van der Waals surface area contributed by atoms with E-state index in [0.29, 0.717) is 6.42 Å². The highest BCUT2D eigenvalue weighted by atomic mass is 32.2. The van der Waals surface area contributed by atoms with Gasteiger partial charge in [0.1, 0.15) is 0 Å². The van der Waals surface area contributed by atoms with Gasteiger partial charge in [-0.25, -0.2) is 0 Å². The van der Waals surface area contributed by atoms with Crippen molar-refractivity contribution in [3.05, 3.63) is 46.2 Å². The Morgan fingerprint density at radius 3 is 2.62 bits per heavy atom. The molecule has 16 heavy (non-hydrogen) atoms. The van der Waals surface area contributed by atoms with Gasteiger partial charge in [-0.05, 0) is 25.5 Å². The molecule has 0 saturated heterocycles. The average molecular weight is 248 g/mol. The van der Waals surface area contributed by atoms with E-state index in [1.54, 1.807) is 23.5 Å². The SMILES string of the molecule is CC1(O)CC=CC2=C1Sc1ccccc1S2. The van der Waals surface area contributed by atoms with Crippen LogP contribution in [0.15, 0.2) is 56.0 Å². The van der Waals surface area contributed by atoms with Crippen LogP contribution < -0.4 is 0 Å². The monoisotopic (exact) mass is 248 g/mol. The molecule has 1 atom stereocenters. The summed E-state index contributed by atoms with van der Waals surface area (Å²) in [6.07, 6.45) is 4.89. The molecule has 3 heteroatoms. The number of fused-ring (bicyclic) bond motifs is 1. The fourth-order valence-electron chi connectivity index (χ4n) is 1.92. The molecule has 2 aliphatic rings. The largest absolute Gasteiger partial charge is 0.385 e. The molecule has 1 aliphatic heterocycles. The first-order chi connectivity index (χ1) is 7.67. The molecule has 1 unspecified atom stereocenters. The Morgan fingerprint density at radius 2 is 1.88 bits per heavy atom. The van der Waals surface area contributed by atoms with E-state index >= 15 is 0 Å². The van der Waals surface area contributed by atoms with Crippen molar-refractivity contribution >= 4 is 23.5 Å². The smallest absolute Gasteiger partial charge is 0.0975 e. The summed E-state index contributed by atoms with van der Waals surface area (Å²) in [6, 6.07) is 8.35. The van der Waals surface area contributed by atoms with Gasteiger partial charge in [-0.2, -0.15) is 0 Å². The third kappa shape index (κ3) is 1.63. The summed E-state index contributed by atoms with van der Waals surface area (Å²) < 4.78 is 0. The van der Waals surface area contributed by atoms with Gasteiger partial charge < -0.3 is 5.11 Å². The highest BCUT2D eigenvalue weighted by molar-refractivity contribution is 8.09. The molecule has 0 bridgehead atoms. The van der Waals surface area contributed by atoms with E-state index in [1.165, 1.54) is 14.7 Å². The molecule has 1 aromatic carbocycles. The third-order valence-electron chi connectivity index (χ3n) is 2.78. The van der Waals surface area contributed by atoms with Crippen LogP contribution in [0.3, 0.4) is 0 Å². The number of hydrogen-bond donors (Lipinski definition) is 1. The molecular formula is C13H12OS2. The molecular weight excluding hydrogens is 236 g/mol. The highest BCUT2D eigenvalue weighted by Gasteiger charge is 2.33. The van der Waals surface area contributed by atoms with Crippen LogP contribution in [0, 0.1) is 0 Å². The molecule has 1 N–H and O–H groups in total. The van der Waals surface area contributed by atoms with Gasteiger partial charge in [0, 0.05) is 19.6 Å². The van der Waals surface area contributed by atoms with Gasteiger partial charge in [0.2, 0.25) is 0 Å². The van der Waals surface area contributed by atoms with Gasteiger partial charge in [-0.3, -0.25) is 0 Å². The van der Waals surface area contributed by atoms with Crippen LogP contribution in [0.25, 0.3) is 0 Å². The van der Waals surface area contributed by atoms with Crippen molar-refractivity contribution in [2.75, 3.05) is 0 Å². The van der Waals surface area contributed by atoms with E-state index in [0.717, 1.165) is 4.91 Å². The fourth-order valence-corrected chi connectivity index (χ4v) is 4.45. The molecule has 0 aromatic heterocycles. The van der Waals surface area contributed by atoms with Crippen LogP contribution in [0.4, 0.5) is 0 Å². The van der Waals surface area contributed by atoms with Crippen LogP contribution in [-0.2, 0) is 0 Å². The van der Waals surface area contributed by atoms with Gasteiger partial charge in [-0.15, -0.1) is 0 Å². The standard InChI is InChI=1S/C13H12OS2/c1-13(14)8-4-7-11-12(13)16-10-6-3-2-5-9(10)15-11/h2-7,14H,8H2,1H3. The van der Waals surface area contributed by atoms with Crippen LogP contribution in [0.2, 0.25) is 0 Å². The van der Waals surface area contributed by atoms with Crippen LogP contribution in [0.5, 0.6) is 0 Å². The second kappa shape index (κ2) is 3.69. The highest BCUT2D eigenvalue weighted by Crippen LogP contribution is 2.52. The maximum absolute atomic E-state index is 10.4. The van der Waals surface area contributed by atoms with Crippen LogP contribution >= 0.6 is 23.5 Å². The van der Waals surface area contributed by atoms with Crippen molar-refractivity contribution in [1.82, 2.24) is 0 Å². The molecule has 82 valence electrons. The van der Waals surface area contributed by atoms with Crippen molar-refractivity contribution in [3.8, 4) is 0 Å². The molecule has 1 aliphatic carbocycles. The molecule has 3 rings (SSSR count). The summed E-state index contributed by atoms with van der Waals surface area (Å²) in [5.41, 5.74) is -0.699. The van der Waals surface area contributed by atoms with E-state index in [-0.39, 0.29) is 0 Å². The summed E-state index contributed by atoms with van der Waals surface area (Å²) in [5.74, 6) is 0. The summed E-state index contributed by atoms with van der Waals surface area (Å²) in [6.45, 7) is 1.90. The van der Waals surface area contributed by atoms with Gasteiger partial charge in [0.05, 0.1) is 5.60 Å². The number of allylic oxidation sites excluding steroid dienone is 1. The molecule has 1 aromatic rings. The second-order valence-corrected chi connectivity index (χ2v) is 6.36. The lowest BCUT2D eigenvalue weighted by Gasteiger charge is -2.32.